The highest BCUT2D eigenvalue weighted by atomic mass is 15.2. The van der Waals surface area contributed by atoms with Crippen LogP contribution in [0, 0.1) is 5.92 Å². The Balaban J connectivity index is 2.14. The van der Waals surface area contributed by atoms with Gasteiger partial charge in [0.15, 0.2) is 0 Å². The molecule has 1 aliphatic heterocycles. The van der Waals surface area contributed by atoms with Gasteiger partial charge in [0.2, 0.25) is 0 Å². The Morgan fingerprint density at radius 2 is 2.26 bits per heavy atom. The normalized spacial score (nSPS) is 22.1. The predicted molar refractivity (Wildman–Crippen MR) is 81.4 cm³/mol. The minimum absolute atomic E-state index is 0.244. The van der Waals surface area contributed by atoms with Crippen molar-refractivity contribution in [3.63, 3.8) is 0 Å². The van der Waals surface area contributed by atoms with Gasteiger partial charge in [0, 0.05) is 25.3 Å². The molecule has 2 N–H and O–H groups in total. The van der Waals surface area contributed by atoms with Crippen molar-refractivity contribution < 1.29 is 0 Å². The first-order chi connectivity index (χ1) is 9.20. The minimum atomic E-state index is 0.244. The molecule has 1 aliphatic rings. The van der Waals surface area contributed by atoms with Crippen LogP contribution >= 0.6 is 0 Å². The van der Waals surface area contributed by atoms with E-state index >= 15 is 0 Å². The molecule has 0 saturated carbocycles. The third-order valence-corrected chi connectivity index (χ3v) is 4.19. The number of aromatic nitrogens is 1. The zero-order valence-corrected chi connectivity index (χ0v) is 12.3. The Morgan fingerprint density at radius 1 is 1.42 bits per heavy atom. The highest BCUT2D eigenvalue weighted by molar-refractivity contribution is 5.47. The van der Waals surface area contributed by atoms with Crippen LogP contribution < -0.4 is 10.6 Å². The molecule has 19 heavy (non-hydrogen) atoms. The standard InChI is InChI=1S/C16H27N3/c1-3-15(17)12-14-7-4-9-18-16(14)19-10-5-6-13(2)8-11-19/h4,7,9,13,15H,3,5-6,8,10-12,17H2,1-2H3. The average molecular weight is 261 g/mol. The van der Waals surface area contributed by atoms with Gasteiger partial charge in [-0.1, -0.05) is 19.9 Å². The molecule has 3 heteroatoms. The Hall–Kier alpha value is -1.09. The van der Waals surface area contributed by atoms with E-state index in [0.717, 1.165) is 31.8 Å². The van der Waals surface area contributed by atoms with Crippen LogP contribution in [0.15, 0.2) is 18.3 Å². The number of hydrogen-bond acceptors (Lipinski definition) is 3. The predicted octanol–water partition coefficient (Wildman–Crippen LogP) is 2.99. The molecule has 0 radical (unpaired) electrons. The van der Waals surface area contributed by atoms with Crippen LogP contribution in [-0.2, 0) is 6.42 Å². The van der Waals surface area contributed by atoms with Crippen molar-refractivity contribution in [3.8, 4) is 0 Å². The van der Waals surface area contributed by atoms with Gasteiger partial charge in [0.25, 0.3) is 0 Å². The fourth-order valence-corrected chi connectivity index (χ4v) is 2.78. The van der Waals surface area contributed by atoms with E-state index in [0.29, 0.717) is 0 Å². The highest BCUT2D eigenvalue weighted by Gasteiger charge is 2.18. The van der Waals surface area contributed by atoms with E-state index in [4.69, 9.17) is 5.73 Å². The molecule has 0 aliphatic carbocycles. The maximum Gasteiger partial charge on any atom is 0.131 e. The van der Waals surface area contributed by atoms with Crippen LogP contribution in [0.3, 0.4) is 0 Å². The Bertz CT molecular complexity index is 391. The summed E-state index contributed by atoms with van der Waals surface area (Å²) in [5, 5.41) is 0. The van der Waals surface area contributed by atoms with Gasteiger partial charge in [-0.3, -0.25) is 0 Å². The molecule has 0 bridgehead atoms. The summed E-state index contributed by atoms with van der Waals surface area (Å²) in [6, 6.07) is 4.46. The molecule has 0 spiro atoms. The first kappa shape index (κ1) is 14.3. The fraction of sp³-hybridized carbons (Fsp3) is 0.688. The van der Waals surface area contributed by atoms with Crippen molar-refractivity contribution in [1.29, 1.82) is 0 Å². The molecule has 0 aromatic carbocycles. The second-order valence-corrected chi connectivity index (χ2v) is 5.88. The van der Waals surface area contributed by atoms with Crippen molar-refractivity contribution in [2.75, 3.05) is 18.0 Å². The maximum atomic E-state index is 6.11. The topological polar surface area (TPSA) is 42.1 Å². The molecule has 2 rings (SSSR count). The molecule has 1 aromatic rings. The summed E-state index contributed by atoms with van der Waals surface area (Å²) in [6.07, 6.45) is 7.75. The van der Waals surface area contributed by atoms with E-state index in [1.807, 2.05) is 12.3 Å². The van der Waals surface area contributed by atoms with Crippen LogP contribution in [-0.4, -0.2) is 24.1 Å². The van der Waals surface area contributed by atoms with E-state index in [1.54, 1.807) is 0 Å². The van der Waals surface area contributed by atoms with Crippen molar-refractivity contribution in [2.24, 2.45) is 11.7 Å². The SMILES string of the molecule is CCC(N)Cc1cccnc1N1CCCC(C)CC1. The summed E-state index contributed by atoms with van der Waals surface area (Å²) in [4.78, 5) is 7.09. The minimum Gasteiger partial charge on any atom is -0.356 e. The monoisotopic (exact) mass is 261 g/mol. The summed E-state index contributed by atoms with van der Waals surface area (Å²) < 4.78 is 0. The summed E-state index contributed by atoms with van der Waals surface area (Å²) in [5.74, 6) is 2.01. The molecule has 2 heterocycles. The Labute approximate surface area is 117 Å². The van der Waals surface area contributed by atoms with Gasteiger partial charge in [-0.2, -0.15) is 0 Å². The van der Waals surface area contributed by atoms with Crippen LogP contribution in [0.25, 0.3) is 0 Å². The van der Waals surface area contributed by atoms with Crippen LogP contribution in [0.2, 0.25) is 0 Å². The lowest BCUT2D eigenvalue weighted by atomic mass is 10.0. The van der Waals surface area contributed by atoms with E-state index in [-0.39, 0.29) is 6.04 Å². The van der Waals surface area contributed by atoms with Crippen LogP contribution in [0.1, 0.15) is 45.1 Å². The second kappa shape index (κ2) is 6.90. The van der Waals surface area contributed by atoms with Crippen LogP contribution in [0.4, 0.5) is 5.82 Å². The van der Waals surface area contributed by atoms with Gasteiger partial charge >= 0.3 is 0 Å². The fourth-order valence-electron chi connectivity index (χ4n) is 2.78. The van der Waals surface area contributed by atoms with Gasteiger partial charge in [-0.25, -0.2) is 4.98 Å². The molecule has 2 unspecified atom stereocenters. The van der Waals surface area contributed by atoms with Crippen molar-refractivity contribution in [3.05, 3.63) is 23.9 Å². The summed E-state index contributed by atoms with van der Waals surface area (Å²) >= 11 is 0. The van der Waals surface area contributed by atoms with E-state index < -0.39 is 0 Å². The molecule has 0 amide bonds. The molecule has 1 saturated heterocycles. The largest absolute Gasteiger partial charge is 0.356 e. The number of nitrogens with two attached hydrogens (primary N) is 1. The first-order valence-electron chi connectivity index (χ1n) is 7.65. The third-order valence-electron chi connectivity index (χ3n) is 4.19. The average Bonchev–Trinajstić information content (AvgIpc) is 2.64. The number of rotatable bonds is 4. The van der Waals surface area contributed by atoms with E-state index in [2.05, 4.69) is 29.8 Å². The van der Waals surface area contributed by atoms with Crippen molar-refractivity contribution in [2.45, 2.75) is 52.0 Å². The molecule has 1 fully saturated rings. The van der Waals surface area contributed by atoms with Crippen molar-refractivity contribution in [1.82, 2.24) is 4.98 Å². The molecular weight excluding hydrogens is 234 g/mol. The van der Waals surface area contributed by atoms with Gasteiger partial charge in [-0.15, -0.1) is 0 Å². The summed E-state index contributed by atoms with van der Waals surface area (Å²) in [7, 11) is 0. The molecule has 1 aromatic heterocycles. The summed E-state index contributed by atoms with van der Waals surface area (Å²) in [6.45, 7) is 6.77. The van der Waals surface area contributed by atoms with Gasteiger partial charge in [0.1, 0.15) is 5.82 Å². The first-order valence-corrected chi connectivity index (χ1v) is 7.65. The molecule has 106 valence electrons. The third kappa shape index (κ3) is 3.93. The Kier molecular flexibility index (Phi) is 5.20. The van der Waals surface area contributed by atoms with E-state index in [9.17, 15) is 0 Å². The van der Waals surface area contributed by atoms with Gasteiger partial charge in [-0.05, 0) is 49.7 Å². The lowest BCUT2D eigenvalue weighted by Crippen LogP contribution is -2.28. The van der Waals surface area contributed by atoms with Crippen molar-refractivity contribution >= 4 is 5.82 Å². The quantitative estimate of drug-likeness (QED) is 0.906. The number of nitrogens with zero attached hydrogens (tertiary/aromatic N) is 2. The zero-order valence-electron chi connectivity index (χ0n) is 12.3. The highest BCUT2D eigenvalue weighted by Crippen LogP contribution is 2.24. The van der Waals surface area contributed by atoms with Gasteiger partial charge < -0.3 is 10.6 Å². The molecule has 3 nitrogen and oxygen atoms in total. The Morgan fingerprint density at radius 3 is 3.05 bits per heavy atom. The number of hydrogen-bond donors (Lipinski definition) is 1. The second-order valence-electron chi connectivity index (χ2n) is 5.88. The van der Waals surface area contributed by atoms with E-state index in [1.165, 1.54) is 30.6 Å². The zero-order chi connectivity index (χ0) is 13.7. The summed E-state index contributed by atoms with van der Waals surface area (Å²) in [5.41, 5.74) is 7.42. The van der Waals surface area contributed by atoms with Gasteiger partial charge in [0.05, 0.1) is 0 Å². The molecule has 2 atom stereocenters. The lowest BCUT2D eigenvalue weighted by Gasteiger charge is -2.25. The smallest absolute Gasteiger partial charge is 0.131 e. The lowest BCUT2D eigenvalue weighted by molar-refractivity contribution is 0.521. The maximum absolute atomic E-state index is 6.11. The number of anilines is 1. The number of pyridine rings is 1. The molecular formula is C16H27N3. The van der Waals surface area contributed by atoms with Crippen LogP contribution in [0.5, 0.6) is 0 Å².